The Morgan fingerprint density at radius 3 is 0.773 bits per heavy atom. The number of rotatable bonds is 69. The molecule has 0 aliphatic carbocycles. The van der Waals surface area contributed by atoms with Gasteiger partial charge in [0.2, 0.25) is 0 Å². The average Bonchev–Trinajstić information content (AvgIpc) is 3.70. The van der Waals surface area contributed by atoms with Gasteiger partial charge >= 0.3 is 39.5 Å². The van der Waals surface area contributed by atoms with E-state index in [1.54, 1.807) is 0 Å². The SMILES string of the molecule is CCCCCCCCCCCCCCCCCCCCCC(=O)O[C@H](COC(=O)CCCCCCCCCCCC(C)C)COP(=O)(O)OC[C@@H](O)COP(=O)(O)OC[C@@H](COC(=O)CCCCCCCCC)OC(=O)CCCCCCCCCCCC. The molecule has 0 amide bonds. The van der Waals surface area contributed by atoms with E-state index in [0.29, 0.717) is 25.7 Å². The highest BCUT2D eigenvalue weighted by Gasteiger charge is 2.30. The Kier molecular flexibility index (Phi) is 61.1. The third-order valence-electron chi connectivity index (χ3n) is 16.0. The van der Waals surface area contributed by atoms with Crippen LogP contribution in [0.25, 0.3) is 0 Å². The van der Waals surface area contributed by atoms with Crippen molar-refractivity contribution in [3.8, 4) is 0 Å². The zero-order valence-corrected chi connectivity index (χ0v) is 58.6. The van der Waals surface area contributed by atoms with Crippen LogP contribution in [0, 0.1) is 5.92 Å². The van der Waals surface area contributed by atoms with Gasteiger partial charge in [-0.25, -0.2) is 9.13 Å². The normalized spacial score (nSPS) is 14.1. The van der Waals surface area contributed by atoms with Gasteiger partial charge in [0.15, 0.2) is 12.2 Å². The molecule has 0 aliphatic rings. The predicted octanol–water partition coefficient (Wildman–Crippen LogP) is 19.7. The van der Waals surface area contributed by atoms with Crippen LogP contribution in [-0.2, 0) is 65.4 Å². The van der Waals surface area contributed by atoms with Gasteiger partial charge in [0, 0.05) is 25.7 Å². The van der Waals surface area contributed by atoms with E-state index >= 15 is 0 Å². The van der Waals surface area contributed by atoms with E-state index in [2.05, 4.69) is 34.6 Å². The van der Waals surface area contributed by atoms with Crippen molar-refractivity contribution < 1.29 is 80.2 Å². The van der Waals surface area contributed by atoms with Crippen molar-refractivity contribution in [2.45, 2.75) is 374 Å². The van der Waals surface area contributed by atoms with E-state index in [1.807, 2.05) is 0 Å². The van der Waals surface area contributed by atoms with Crippen LogP contribution in [0.1, 0.15) is 356 Å². The van der Waals surface area contributed by atoms with Crippen LogP contribution in [0.3, 0.4) is 0 Å². The average molecular weight is 1300 g/mol. The molecule has 0 saturated carbocycles. The highest BCUT2D eigenvalue weighted by Crippen LogP contribution is 2.45. The molecule has 19 heteroatoms. The molecular formula is C69H134O17P2. The summed E-state index contributed by atoms with van der Waals surface area (Å²) in [6, 6.07) is 0. The highest BCUT2D eigenvalue weighted by molar-refractivity contribution is 7.47. The van der Waals surface area contributed by atoms with Crippen molar-refractivity contribution in [1.29, 1.82) is 0 Å². The van der Waals surface area contributed by atoms with Gasteiger partial charge < -0.3 is 33.8 Å². The van der Waals surface area contributed by atoms with Crippen molar-refractivity contribution >= 4 is 39.5 Å². The summed E-state index contributed by atoms with van der Waals surface area (Å²) < 4.78 is 68.1. The van der Waals surface area contributed by atoms with Crippen molar-refractivity contribution in [3.63, 3.8) is 0 Å². The molecule has 17 nitrogen and oxygen atoms in total. The molecule has 3 N–H and O–H groups in total. The van der Waals surface area contributed by atoms with Crippen LogP contribution in [0.15, 0.2) is 0 Å². The molecular weight excluding hydrogens is 1160 g/mol. The molecule has 0 rings (SSSR count). The third-order valence-corrected chi connectivity index (χ3v) is 17.9. The van der Waals surface area contributed by atoms with E-state index < -0.39 is 97.5 Å². The number of hydrogen-bond acceptors (Lipinski definition) is 15. The lowest BCUT2D eigenvalue weighted by Crippen LogP contribution is -2.30. The highest BCUT2D eigenvalue weighted by atomic mass is 31.2. The van der Waals surface area contributed by atoms with Gasteiger partial charge in [-0.1, -0.05) is 304 Å². The first-order valence-corrected chi connectivity index (χ1v) is 39.1. The standard InChI is InChI=1S/C69H134O17P2/c1-6-9-12-15-18-20-22-23-24-25-26-27-28-29-30-34-40-45-50-55-69(74)86-65(59-80-67(72)53-48-43-38-35-31-32-37-41-46-51-62(4)5)61-84-88(77,78)82-57-63(70)56-81-87(75,76)83-60-64(58-79-66(71)52-47-42-36-17-14-11-8-3)85-68(73)54-49-44-39-33-21-19-16-13-10-7-2/h62-65,70H,6-61H2,1-5H3,(H,75,76)(H,77,78)/t63-,64+,65+/m0/s1. The van der Waals surface area contributed by atoms with Crippen LogP contribution >= 0.6 is 15.6 Å². The van der Waals surface area contributed by atoms with Crippen LogP contribution in [0.4, 0.5) is 0 Å². The summed E-state index contributed by atoms with van der Waals surface area (Å²) in [6.07, 6.45) is 48.8. The maximum atomic E-state index is 13.0. The molecule has 5 atom stereocenters. The summed E-state index contributed by atoms with van der Waals surface area (Å²) in [4.78, 5) is 72.3. The summed E-state index contributed by atoms with van der Waals surface area (Å²) in [6.45, 7) is 7.17. The first-order chi connectivity index (χ1) is 42.5. The lowest BCUT2D eigenvalue weighted by molar-refractivity contribution is -0.161. The molecule has 522 valence electrons. The first-order valence-electron chi connectivity index (χ1n) is 36.1. The molecule has 0 aromatic rings. The molecule has 0 bridgehead atoms. The van der Waals surface area contributed by atoms with Gasteiger partial charge in [-0.2, -0.15) is 0 Å². The predicted molar refractivity (Wildman–Crippen MR) is 354 cm³/mol. The molecule has 0 aliphatic heterocycles. The van der Waals surface area contributed by atoms with Crippen molar-refractivity contribution in [2.75, 3.05) is 39.6 Å². The largest absolute Gasteiger partial charge is 0.472 e. The summed E-state index contributed by atoms with van der Waals surface area (Å²) in [5, 5.41) is 10.6. The van der Waals surface area contributed by atoms with E-state index in [0.717, 1.165) is 109 Å². The third kappa shape index (κ3) is 62.8. The number of aliphatic hydroxyl groups is 1. The quantitative estimate of drug-likeness (QED) is 0.0222. The number of aliphatic hydroxyl groups excluding tert-OH is 1. The van der Waals surface area contributed by atoms with Gasteiger partial charge in [-0.05, 0) is 31.6 Å². The van der Waals surface area contributed by atoms with E-state index in [9.17, 15) is 43.2 Å². The minimum absolute atomic E-state index is 0.106. The first kappa shape index (κ1) is 86.1. The van der Waals surface area contributed by atoms with Crippen molar-refractivity contribution in [3.05, 3.63) is 0 Å². The monoisotopic (exact) mass is 1300 g/mol. The van der Waals surface area contributed by atoms with E-state index in [1.165, 1.54) is 167 Å². The smallest absolute Gasteiger partial charge is 0.462 e. The summed E-state index contributed by atoms with van der Waals surface area (Å²) in [5.41, 5.74) is 0. The van der Waals surface area contributed by atoms with Crippen LogP contribution < -0.4 is 0 Å². The number of phosphoric ester groups is 2. The second kappa shape index (κ2) is 62.5. The molecule has 88 heavy (non-hydrogen) atoms. The summed E-state index contributed by atoms with van der Waals surface area (Å²) in [5.74, 6) is -1.39. The summed E-state index contributed by atoms with van der Waals surface area (Å²) in [7, 11) is -9.89. The van der Waals surface area contributed by atoms with Gasteiger partial charge in [-0.15, -0.1) is 0 Å². The number of hydrogen-bond donors (Lipinski definition) is 3. The number of unbranched alkanes of at least 4 members (excludes halogenated alkanes) is 41. The molecule has 0 aromatic carbocycles. The van der Waals surface area contributed by atoms with Gasteiger partial charge in [-0.3, -0.25) is 37.3 Å². The van der Waals surface area contributed by atoms with Crippen LogP contribution in [0.2, 0.25) is 0 Å². The maximum Gasteiger partial charge on any atom is 0.472 e. The van der Waals surface area contributed by atoms with Crippen molar-refractivity contribution in [1.82, 2.24) is 0 Å². The van der Waals surface area contributed by atoms with Gasteiger partial charge in [0.05, 0.1) is 26.4 Å². The Morgan fingerprint density at radius 1 is 0.307 bits per heavy atom. The molecule has 0 spiro atoms. The topological polar surface area (TPSA) is 237 Å². The van der Waals surface area contributed by atoms with E-state index in [-0.39, 0.29) is 25.7 Å². The minimum atomic E-state index is -4.95. The zero-order valence-electron chi connectivity index (χ0n) is 56.9. The number of carbonyl (C=O) groups excluding carboxylic acids is 4. The second-order valence-electron chi connectivity index (χ2n) is 25.4. The van der Waals surface area contributed by atoms with Gasteiger partial charge in [0.1, 0.15) is 19.3 Å². The maximum absolute atomic E-state index is 13.0. The second-order valence-corrected chi connectivity index (χ2v) is 28.3. The Balaban J connectivity index is 5.16. The fourth-order valence-electron chi connectivity index (χ4n) is 10.5. The van der Waals surface area contributed by atoms with Gasteiger partial charge in [0.25, 0.3) is 0 Å². The number of ether oxygens (including phenoxy) is 4. The Labute approximate surface area is 537 Å². The lowest BCUT2D eigenvalue weighted by Gasteiger charge is -2.21. The minimum Gasteiger partial charge on any atom is -0.462 e. The molecule has 0 heterocycles. The summed E-state index contributed by atoms with van der Waals surface area (Å²) >= 11 is 0. The number of carbonyl (C=O) groups is 4. The molecule has 0 saturated heterocycles. The number of esters is 4. The van der Waals surface area contributed by atoms with E-state index in [4.69, 9.17) is 37.0 Å². The molecule has 0 aromatic heterocycles. The Bertz CT molecular complexity index is 1700. The molecule has 0 fully saturated rings. The Hall–Kier alpha value is -1.94. The molecule has 0 radical (unpaired) electrons. The van der Waals surface area contributed by atoms with Crippen molar-refractivity contribution in [2.24, 2.45) is 5.92 Å². The fourth-order valence-corrected chi connectivity index (χ4v) is 12.0. The zero-order chi connectivity index (χ0) is 64.9. The number of phosphoric acid groups is 2. The van der Waals surface area contributed by atoms with Crippen LogP contribution in [-0.4, -0.2) is 96.7 Å². The fraction of sp³-hybridized carbons (Fsp3) is 0.942. The lowest BCUT2D eigenvalue weighted by atomic mass is 10.0. The van der Waals surface area contributed by atoms with Crippen LogP contribution in [0.5, 0.6) is 0 Å². The molecule has 2 unspecified atom stereocenters. The Morgan fingerprint density at radius 2 is 0.523 bits per heavy atom.